The summed E-state index contributed by atoms with van der Waals surface area (Å²) in [5.41, 5.74) is 2.43. The predicted molar refractivity (Wildman–Crippen MR) is 117 cm³/mol. The summed E-state index contributed by atoms with van der Waals surface area (Å²) in [6.45, 7) is 8.24. The third-order valence-corrected chi connectivity index (χ3v) is 4.58. The van der Waals surface area contributed by atoms with Crippen molar-refractivity contribution in [2.24, 2.45) is 4.99 Å². The molecule has 0 amide bonds. The van der Waals surface area contributed by atoms with Crippen molar-refractivity contribution in [2.45, 2.75) is 33.7 Å². The van der Waals surface area contributed by atoms with Gasteiger partial charge in [-0.15, -0.1) is 35.3 Å². The smallest absolute Gasteiger partial charge is 0.191 e. The first-order chi connectivity index (χ1) is 11.6. The molecule has 5 nitrogen and oxygen atoms in total. The van der Waals surface area contributed by atoms with Crippen molar-refractivity contribution in [3.8, 4) is 5.75 Å². The summed E-state index contributed by atoms with van der Waals surface area (Å²) in [5.74, 6) is 1.67. The SMILES string of the molecule is CCc1cnc(CNC(=NC)NCCOc2cc(C)cc(C)c2)s1.I. The molecule has 7 heteroatoms. The first-order valence-corrected chi connectivity index (χ1v) is 9.01. The maximum Gasteiger partial charge on any atom is 0.191 e. The summed E-state index contributed by atoms with van der Waals surface area (Å²) in [5, 5.41) is 7.59. The monoisotopic (exact) mass is 474 g/mol. The lowest BCUT2D eigenvalue weighted by atomic mass is 10.1. The van der Waals surface area contributed by atoms with Crippen molar-refractivity contribution in [2.75, 3.05) is 20.2 Å². The van der Waals surface area contributed by atoms with Crippen LogP contribution in [0.2, 0.25) is 0 Å². The summed E-state index contributed by atoms with van der Waals surface area (Å²) in [4.78, 5) is 9.92. The molecule has 138 valence electrons. The molecule has 0 saturated carbocycles. The van der Waals surface area contributed by atoms with Crippen LogP contribution in [0.1, 0.15) is 27.9 Å². The van der Waals surface area contributed by atoms with Crippen molar-refractivity contribution in [1.82, 2.24) is 15.6 Å². The number of halogens is 1. The molecule has 0 unspecified atom stereocenters. The third kappa shape index (κ3) is 7.60. The zero-order valence-electron chi connectivity index (χ0n) is 15.3. The van der Waals surface area contributed by atoms with Crippen molar-refractivity contribution >= 4 is 41.3 Å². The fourth-order valence-corrected chi connectivity index (χ4v) is 3.13. The minimum Gasteiger partial charge on any atom is -0.492 e. The first-order valence-electron chi connectivity index (χ1n) is 8.20. The van der Waals surface area contributed by atoms with Crippen molar-refractivity contribution in [1.29, 1.82) is 0 Å². The Balaban J connectivity index is 0.00000312. The van der Waals surface area contributed by atoms with Gasteiger partial charge in [0.2, 0.25) is 0 Å². The number of hydrogen-bond donors (Lipinski definition) is 2. The minimum atomic E-state index is 0. The summed E-state index contributed by atoms with van der Waals surface area (Å²) in [6, 6.07) is 6.24. The molecule has 0 aliphatic rings. The molecule has 0 aliphatic carbocycles. The highest BCUT2D eigenvalue weighted by atomic mass is 127. The Morgan fingerprint density at radius 3 is 2.52 bits per heavy atom. The van der Waals surface area contributed by atoms with Gasteiger partial charge in [0, 0.05) is 18.1 Å². The highest BCUT2D eigenvalue weighted by Crippen LogP contribution is 2.16. The molecule has 0 bridgehead atoms. The number of nitrogens with one attached hydrogen (secondary N) is 2. The Morgan fingerprint density at radius 1 is 1.20 bits per heavy atom. The first kappa shape index (κ1) is 21.7. The maximum atomic E-state index is 5.79. The highest BCUT2D eigenvalue weighted by molar-refractivity contribution is 14.0. The normalized spacial score (nSPS) is 11.0. The Bertz CT molecular complexity index is 667. The molecule has 2 aromatic rings. The van der Waals surface area contributed by atoms with E-state index in [2.05, 4.69) is 47.4 Å². The number of benzene rings is 1. The molecule has 0 atom stereocenters. The fourth-order valence-electron chi connectivity index (χ4n) is 2.33. The second-order valence-electron chi connectivity index (χ2n) is 5.60. The van der Waals surface area contributed by atoms with E-state index in [4.69, 9.17) is 4.74 Å². The van der Waals surface area contributed by atoms with E-state index in [0.29, 0.717) is 19.7 Å². The molecule has 2 N–H and O–H groups in total. The van der Waals surface area contributed by atoms with Gasteiger partial charge in [-0.3, -0.25) is 4.99 Å². The lowest BCUT2D eigenvalue weighted by Crippen LogP contribution is -2.38. The van der Waals surface area contributed by atoms with E-state index < -0.39 is 0 Å². The van der Waals surface area contributed by atoms with Crippen LogP contribution in [0, 0.1) is 13.8 Å². The Labute approximate surface area is 171 Å². The molecule has 0 fully saturated rings. The van der Waals surface area contributed by atoms with Gasteiger partial charge in [-0.05, 0) is 43.5 Å². The number of ether oxygens (including phenoxy) is 1. The van der Waals surface area contributed by atoms with Crippen LogP contribution in [-0.2, 0) is 13.0 Å². The number of aromatic nitrogens is 1. The second-order valence-corrected chi connectivity index (χ2v) is 6.80. The number of aryl methyl sites for hydroxylation is 3. The highest BCUT2D eigenvalue weighted by Gasteiger charge is 2.03. The van der Waals surface area contributed by atoms with E-state index in [-0.39, 0.29) is 24.0 Å². The van der Waals surface area contributed by atoms with Crippen molar-refractivity contribution in [3.63, 3.8) is 0 Å². The molecular formula is C18H27IN4OS. The van der Waals surface area contributed by atoms with E-state index in [9.17, 15) is 0 Å². The largest absolute Gasteiger partial charge is 0.492 e. The van der Waals surface area contributed by atoms with Gasteiger partial charge < -0.3 is 15.4 Å². The molecule has 0 aliphatic heterocycles. The molecule has 0 spiro atoms. The van der Waals surface area contributed by atoms with Crippen LogP contribution in [0.4, 0.5) is 0 Å². The van der Waals surface area contributed by atoms with Crippen LogP contribution in [0.15, 0.2) is 29.4 Å². The fraction of sp³-hybridized carbons (Fsp3) is 0.444. The van der Waals surface area contributed by atoms with Crippen LogP contribution < -0.4 is 15.4 Å². The van der Waals surface area contributed by atoms with E-state index in [0.717, 1.165) is 23.1 Å². The number of rotatable bonds is 7. The average Bonchev–Trinajstić information content (AvgIpc) is 3.01. The average molecular weight is 474 g/mol. The summed E-state index contributed by atoms with van der Waals surface area (Å²) in [7, 11) is 1.76. The molecule has 0 radical (unpaired) electrons. The van der Waals surface area contributed by atoms with Gasteiger partial charge >= 0.3 is 0 Å². The molecule has 0 saturated heterocycles. The van der Waals surface area contributed by atoms with E-state index in [1.54, 1.807) is 18.4 Å². The maximum absolute atomic E-state index is 5.79. The van der Waals surface area contributed by atoms with Gasteiger partial charge in [-0.2, -0.15) is 0 Å². The van der Waals surface area contributed by atoms with Gasteiger partial charge in [-0.25, -0.2) is 4.98 Å². The molecule has 1 aromatic heterocycles. The van der Waals surface area contributed by atoms with Crippen LogP contribution >= 0.6 is 35.3 Å². The van der Waals surface area contributed by atoms with Gasteiger partial charge in [0.05, 0.1) is 13.1 Å². The quantitative estimate of drug-likeness (QED) is 0.278. The number of guanidine groups is 1. The minimum absolute atomic E-state index is 0. The molecular weight excluding hydrogens is 447 g/mol. The molecule has 1 aromatic carbocycles. The van der Waals surface area contributed by atoms with Gasteiger partial charge in [-0.1, -0.05) is 13.0 Å². The van der Waals surface area contributed by atoms with Crippen LogP contribution in [0.3, 0.4) is 0 Å². The lowest BCUT2D eigenvalue weighted by molar-refractivity contribution is 0.321. The summed E-state index contributed by atoms with van der Waals surface area (Å²) >= 11 is 1.73. The molecule has 1 heterocycles. The summed E-state index contributed by atoms with van der Waals surface area (Å²) < 4.78 is 5.79. The topological polar surface area (TPSA) is 58.5 Å². The Hall–Kier alpha value is -1.35. The number of aliphatic imine (C=N–C) groups is 1. The summed E-state index contributed by atoms with van der Waals surface area (Å²) in [6.07, 6.45) is 2.97. The Kier molecular flexibility index (Phi) is 9.81. The van der Waals surface area contributed by atoms with Gasteiger partial charge in [0.25, 0.3) is 0 Å². The van der Waals surface area contributed by atoms with E-state index in [1.807, 2.05) is 18.3 Å². The second kappa shape index (κ2) is 11.3. The standard InChI is InChI=1S/C18H26N4OS.HI/c1-5-16-11-21-17(24-16)12-22-18(19-4)20-6-7-23-15-9-13(2)8-14(3)10-15;/h8-11H,5-7,12H2,1-4H3,(H2,19,20,22);1H. The van der Waals surface area contributed by atoms with Crippen LogP contribution in [0.5, 0.6) is 5.75 Å². The zero-order valence-corrected chi connectivity index (χ0v) is 18.4. The number of thiazole rings is 1. The van der Waals surface area contributed by atoms with Crippen molar-refractivity contribution in [3.05, 3.63) is 45.4 Å². The molecule has 2 rings (SSSR count). The Morgan fingerprint density at radius 2 is 1.92 bits per heavy atom. The van der Waals surface area contributed by atoms with E-state index in [1.165, 1.54) is 16.0 Å². The zero-order chi connectivity index (χ0) is 17.4. The lowest BCUT2D eigenvalue weighted by Gasteiger charge is -2.12. The molecule has 25 heavy (non-hydrogen) atoms. The third-order valence-electron chi connectivity index (χ3n) is 3.44. The van der Waals surface area contributed by atoms with Gasteiger partial charge in [0.15, 0.2) is 5.96 Å². The van der Waals surface area contributed by atoms with Crippen LogP contribution in [-0.4, -0.2) is 31.1 Å². The van der Waals surface area contributed by atoms with Crippen LogP contribution in [0.25, 0.3) is 0 Å². The van der Waals surface area contributed by atoms with E-state index >= 15 is 0 Å². The number of hydrogen-bond acceptors (Lipinski definition) is 4. The van der Waals surface area contributed by atoms with Gasteiger partial charge in [0.1, 0.15) is 17.4 Å². The number of nitrogens with zero attached hydrogens (tertiary/aromatic N) is 2. The predicted octanol–water partition coefficient (Wildman–Crippen LogP) is 3.68. The van der Waals surface area contributed by atoms with Crippen molar-refractivity contribution < 1.29 is 4.74 Å².